The van der Waals surface area contributed by atoms with Gasteiger partial charge in [-0.3, -0.25) is 9.36 Å². The number of hydrogen-bond acceptors (Lipinski definition) is 5. The molecule has 2 aromatic carbocycles. The number of ketones is 1. The molecule has 31 heavy (non-hydrogen) atoms. The number of carbonyl (C=O) groups is 1. The largest absolute Gasteiger partial charge is 0.503 e. The van der Waals surface area contributed by atoms with Gasteiger partial charge in [0.25, 0.3) is 0 Å². The van der Waals surface area contributed by atoms with Crippen LogP contribution in [0.2, 0.25) is 5.02 Å². The van der Waals surface area contributed by atoms with Crippen molar-refractivity contribution >= 4 is 17.4 Å². The molecule has 7 heteroatoms. The molecule has 0 bridgehead atoms. The molecule has 0 spiro atoms. The fourth-order valence-corrected chi connectivity index (χ4v) is 3.54. The third kappa shape index (κ3) is 3.70. The van der Waals surface area contributed by atoms with Crippen LogP contribution in [0, 0.1) is 5.41 Å². The van der Waals surface area contributed by atoms with Crippen LogP contribution in [0.4, 0.5) is 0 Å². The van der Waals surface area contributed by atoms with Gasteiger partial charge in [0.05, 0.1) is 11.3 Å². The monoisotopic (exact) mass is 436 g/mol. The Bertz CT molecular complexity index is 1230. The highest BCUT2D eigenvalue weighted by Gasteiger charge is 2.34. The summed E-state index contributed by atoms with van der Waals surface area (Å²) in [5.41, 5.74) is 2.38. The molecule has 2 aromatic heterocycles. The van der Waals surface area contributed by atoms with Crippen molar-refractivity contribution in [1.29, 1.82) is 0 Å². The van der Waals surface area contributed by atoms with Gasteiger partial charge >= 0.3 is 0 Å². The number of halogens is 1. The van der Waals surface area contributed by atoms with Crippen LogP contribution in [0.1, 0.15) is 31.1 Å². The van der Waals surface area contributed by atoms with Crippen molar-refractivity contribution in [2.24, 2.45) is 5.41 Å². The third-order valence-electron chi connectivity index (χ3n) is 5.01. The summed E-state index contributed by atoms with van der Waals surface area (Å²) in [6.45, 7) is 5.30. The van der Waals surface area contributed by atoms with Crippen molar-refractivity contribution in [3.63, 3.8) is 0 Å². The number of rotatable bonds is 4. The highest BCUT2D eigenvalue weighted by Crippen LogP contribution is 2.45. The van der Waals surface area contributed by atoms with Crippen LogP contribution in [-0.4, -0.2) is 25.7 Å². The lowest BCUT2D eigenvalue weighted by Gasteiger charge is -2.18. The van der Waals surface area contributed by atoms with Crippen LogP contribution in [0.5, 0.6) is 11.6 Å². The van der Waals surface area contributed by atoms with E-state index in [1.54, 1.807) is 63.2 Å². The molecule has 0 aliphatic rings. The zero-order valence-corrected chi connectivity index (χ0v) is 18.0. The molecular formula is C24H21ClN2O4. The molecule has 0 radical (unpaired) electrons. The molecular weight excluding hydrogens is 416 g/mol. The Labute approximate surface area is 184 Å². The van der Waals surface area contributed by atoms with Gasteiger partial charge in [-0.25, -0.2) is 0 Å². The standard InChI is InChI=1S/C24H21ClN2O4/c1-24(2,3)22(29)19-20(15-4-8-16(25)9-5-15)27(23(30)21(19)28)17-10-6-14(7-11-17)18-12-13-31-26-18/h4-13,28,30H,1-3H3. The molecule has 0 unspecified atom stereocenters. The Hall–Kier alpha value is -3.51. The number of nitrogens with zero attached hydrogens (tertiary/aromatic N) is 2. The molecule has 0 aliphatic heterocycles. The summed E-state index contributed by atoms with van der Waals surface area (Å²) in [5.74, 6) is -1.15. The second kappa shape index (κ2) is 7.63. The van der Waals surface area contributed by atoms with Gasteiger partial charge < -0.3 is 14.7 Å². The highest BCUT2D eigenvalue weighted by molar-refractivity contribution is 6.30. The normalized spacial score (nSPS) is 11.6. The van der Waals surface area contributed by atoms with Crippen molar-refractivity contribution < 1.29 is 19.5 Å². The van der Waals surface area contributed by atoms with Gasteiger partial charge in [0.2, 0.25) is 5.88 Å². The summed E-state index contributed by atoms with van der Waals surface area (Å²) < 4.78 is 6.35. The lowest BCUT2D eigenvalue weighted by atomic mass is 9.85. The van der Waals surface area contributed by atoms with Crippen molar-refractivity contribution in [2.75, 3.05) is 0 Å². The zero-order valence-electron chi connectivity index (χ0n) is 17.3. The summed E-state index contributed by atoms with van der Waals surface area (Å²) in [7, 11) is 0. The fraction of sp³-hybridized carbons (Fsp3) is 0.167. The van der Waals surface area contributed by atoms with E-state index in [0.29, 0.717) is 27.7 Å². The first kappa shape index (κ1) is 20.8. The van der Waals surface area contributed by atoms with Gasteiger partial charge in [0.15, 0.2) is 11.5 Å². The maximum absolute atomic E-state index is 13.2. The number of benzene rings is 2. The third-order valence-corrected chi connectivity index (χ3v) is 5.26. The zero-order chi connectivity index (χ0) is 22.3. The van der Waals surface area contributed by atoms with Crippen molar-refractivity contribution in [3.05, 3.63) is 71.4 Å². The minimum atomic E-state index is -0.770. The Balaban J connectivity index is 1.95. The molecule has 158 valence electrons. The highest BCUT2D eigenvalue weighted by atomic mass is 35.5. The number of aromatic hydroxyl groups is 2. The minimum Gasteiger partial charge on any atom is -0.503 e. The van der Waals surface area contributed by atoms with Gasteiger partial charge in [-0.1, -0.05) is 61.8 Å². The smallest absolute Gasteiger partial charge is 0.240 e. The van der Waals surface area contributed by atoms with E-state index in [2.05, 4.69) is 5.16 Å². The average Bonchev–Trinajstić information content (AvgIpc) is 3.35. The molecule has 2 heterocycles. The number of carbonyl (C=O) groups excluding carboxylic acids is 1. The van der Waals surface area contributed by atoms with Gasteiger partial charge in [-0.05, 0) is 29.8 Å². The number of hydrogen-bond donors (Lipinski definition) is 2. The Morgan fingerprint density at radius 2 is 1.58 bits per heavy atom. The number of aromatic nitrogens is 2. The molecule has 2 N–H and O–H groups in total. The van der Waals surface area contributed by atoms with Crippen LogP contribution < -0.4 is 0 Å². The molecule has 0 saturated heterocycles. The van der Waals surface area contributed by atoms with E-state index in [0.717, 1.165) is 5.56 Å². The quantitative estimate of drug-likeness (QED) is 0.378. The Morgan fingerprint density at radius 1 is 0.968 bits per heavy atom. The predicted octanol–water partition coefficient (Wildman–Crippen LogP) is 6.09. The minimum absolute atomic E-state index is 0.0629. The molecule has 6 nitrogen and oxygen atoms in total. The van der Waals surface area contributed by atoms with Gasteiger partial charge in [0.1, 0.15) is 12.0 Å². The number of Topliss-reactive ketones (excluding diaryl/α,β-unsaturated/α-hetero) is 1. The van der Waals surface area contributed by atoms with Crippen LogP contribution in [-0.2, 0) is 0 Å². The second-order valence-electron chi connectivity index (χ2n) is 8.25. The van der Waals surface area contributed by atoms with E-state index in [1.807, 2.05) is 12.1 Å². The summed E-state index contributed by atoms with van der Waals surface area (Å²) in [4.78, 5) is 13.2. The SMILES string of the molecule is CC(C)(C)C(=O)c1c(O)c(O)n(-c2ccc(-c3ccon3)cc2)c1-c1ccc(Cl)cc1. The van der Waals surface area contributed by atoms with Crippen LogP contribution in [0.15, 0.2) is 65.4 Å². The van der Waals surface area contributed by atoms with Crippen LogP contribution in [0.25, 0.3) is 28.2 Å². The molecule has 0 amide bonds. The Kier molecular flexibility index (Phi) is 5.11. The van der Waals surface area contributed by atoms with E-state index >= 15 is 0 Å². The average molecular weight is 437 g/mol. The van der Waals surface area contributed by atoms with E-state index in [-0.39, 0.29) is 11.3 Å². The molecule has 0 atom stereocenters. The van der Waals surface area contributed by atoms with E-state index < -0.39 is 17.0 Å². The van der Waals surface area contributed by atoms with Crippen molar-refractivity contribution in [1.82, 2.24) is 9.72 Å². The van der Waals surface area contributed by atoms with Gasteiger partial charge in [0, 0.05) is 27.8 Å². The second-order valence-corrected chi connectivity index (χ2v) is 8.69. The van der Waals surface area contributed by atoms with E-state index in [9.17, 15) is 15.0 Å². The summed E-state index contributed by atoms with van der Waals surface area (Å²) in [6, 6.07) is 15.8. The van der Waals surface area contributed by atoms with Crippen molar-refractivity contribution in [2.45, 2.75) is 20.8 Å². The first-order valence-electron chi connectivity index (χ1n) is 9.67. The molecule has 0 aliphatic carbocycles. The molecule has 4 rings (SSSR count). The predicted molar refractivity (Wildman–Crippen MR) is 119 cm³/mol. The van der Waals surface area contributed by atoms with E-state index in [1.165, 1.54) is 10.8 Å². The molecule has 4 aromatic rings. The first-order valence-corrected chi connectivity index (χ1v) is 10.0. The summed E-state index contributed by atoms with van der Waals surface area (Å²) in [5, 5.41) is 26.1. The summed E-state index contributed by atoms with van der Waals surface area (Å²) in [6.07, 6.45) is 1.49. The van der Waals surface area contributed by atoms with Crippen LogP contribution >= 0.6 is 11.6 Å². The molecule has 0 saturated carbocycles. The maximum atomic E-state index is 13.2. The fourth-order valence-electron chi connectivity index (χ4n) is 3.41. The lowest BCUT2D eigenvalue weighted by Crippen LogP contribution is -2.20. The van der Waals surface area contributed by atoms with Gasteiger partial charge in [-0.2, -0.15) is 0 Å². The first-order chi connectivity index (χ1) is 14.7. The topological polar surface area (TPSA) is 88.5 Å². The van der Waals surface area contributed by atoms with E-state index in [4.69, 9.17) is 16.1 Å². The van der Waals surface area contributed by atoms with Gasteiger partial charge in [-0.15, -0.1) is 0 Å². The Morgan fingerprint density at radius 3 is 2.13 bits per heavy atom. The molecule has 0 fully saturated rings. The van der Waals surface area contributed by atoms with Crippen molar-refractivity contribution in [3.8, 4) is 39.8 Å². The lowest BCUT2D eigenvalue weighted by molar-refractivity contribution is 0.0856. The van der Waals surface area contributed by atoms with Crippen LogP contribution in [0.3, 0.4) is 0 Å². The maximum Gasteiger partial charge on any atom is 0.240 e. The summed E-state index contributed by atoms with van der Waals surface area (Å²) >= 11 is 6.05.